The molecule has 0 fully saturated rings. The first-order valence-electron chi connectivity index (χ1n) is 6.90. The van der Waals surface area contributed by atoms with Crippen molar-refractivity contribution in [3.8, 4) is 10.4 Å². The van der Waals surface area contributed by atoms with Gasteiger partial charge in [-0.3, -0.25) is 10.1 Å². The molecule has 22 heavy (non-hydrogen) atoms. The van der Waals surface area contributed by atoms with Gasteiger partial charge in [0.05, 0.1) is 0 Å². The van der Waals surface area contributed by atoms with Gasteiger partial charge in [0.15, 0.2) is 0 Å². The largest absolute Gasteiger partial charge is 0.480 e. The summed E-state index contributed by atoms with van der Waals surface area (Å²) in [5.41, 5.74) is 0.967. The first kappa shape index (κ1) is 17.0. The molecule has 0 saturated carbocycles. The third kappa shape index (κ3) is 4.83. The van der Waals surface area contributed by atoms with Crippen molar-refractivity contribution in [1.29, 1.82) is 0 Å². The van der Waals surface area contributed by atoms with Gasteiger partial charge in [-0.25, -0.2) is 4.39 Å². The fourth-order valence-electron chi connectivity index (χ4n) is 2.01. The van der Waals surface area contributed by atoms with Gasteiger partial charge in [0, 0.05) is 16.3 Å². The van der Waals surface area contributed by atoms with E-state index in [9.17, 15) is 14.3 Å². The Kier molecular flexibility index (Phi) is 6.42. The summed E-state index contributed by atoms with van der Waals surface area (Å²) in [4.78, 5) is 13.3. The van der Waals surface area contributed by atoms with Crippen molar-refractivity contribution in [1.82, 2.24) is 5.32 Å². The third-order valence-electron chi connectivity index (χ3n) is 3.22. The van der Waals surface area contributed by atoms with Gasteiger partial charge in [-0.1, -0.05) is 12.1 Å². The predicted molar refractivity (Wildman–Crippen MR) is 91.0 cm³/mol. The molecule has 118 valence electrons. The molecule has 0 unspecified atom stereocenters. The Balaban J connectivity index is 1.96. The number of hydrogen-bond acceptors (Lipinski definition) is 4. The highest BCUT2D eigenvalue weighted by molar-refractivity contribution is 7.98. The maximum Gasteiger partial charge on any atom is 0.320 e. The van der Waals surface area contributed by atoms with E-state index in [4.69, 9.17) is 0 Å². The average Bonchev–Trinajstić information content (AvgIpc) is 2.96. The zero-order valence-electron chi connectivity index (χ0n) is 12.2. The first-order valence-corrected chi connectivity index (χ1v) is 9.11. The minimum atomic E-state index is -0.815. The molecule has 2 N–H and O–H groups in total. The van der Waals surface area contributed by atoms with E-state index >= 15 is 0 Å². The molecule has 0 bridgehead atoms. The van der Waals surface area contributed by atoms with E-state index in [1.807, 2.05) is 18.4 Å². The number of nitrogens with one attached hydrogen (secondary N) is 1. The summed E-state index contributed by atoms with van der Waals surface area (Å²) in [6.07, 6.45) is 2.57. The van der Waals surface area contributed by atoms with Gasteiger partial charge >= 0.3 is 5.97 Å². The van der Waals surface area contributed by atoms with Crippen LogP contribution in [0, 0.1) is 5.82 Å². The Morgan fingerprint density at radius 1 is 1.32 bits per heavy atom. The van der Waals surface area contributed by atoms with Gasteiger partial charge in [0.2, 0.25) is 0 Å². The smallest absolute Gasteiger partial charge is 0.320 e. The molecule has 1 atom stereocenters. The molecule has 1 aromatic heterocycles. The number of carboxylic acid groups (broad SMARTS) is 1. The summed E-state index contributed by atoms with van der Waals surface area (Å²) in [6.45, 7) is 0.525. The van der Waals surface area contributed by atoms with Gasteiger partial charge in [-0.05, 0) is 48.3 Å². The minimum Gasteiger partial charge on any atom is -0.480 e. The molecule has 1 heterocycles. The van der Waals surface area contributed by atoms with Gasteiger partial charge in [-0.2, -0.15) is 11.8 Å². The second-order valence-electron chi connectivity index (χ2n) is 4.83. The van der Waals surface area contributed by atoms with E-state index in [2.05, 4.69) is 5.32 Å². The number of halogens is 1. The summed E-state index contributed by atoms with van der Waals surface area (Å²) in [5.74, 6) is -0.250. The van der Waals surface area contributed by atoms with Crippen LogP contribution in [0.3, 0.4) is 0 Å². The normalized spacial score (nSPS) is 12.3. The molecule has 0 radical (unpaired) electrons. The number of hydrogen-bond donors (Lipinski definition) is 2. The van der Waals surface area contributed by atoms with Crippen molar-refractivity contribution >= 4 is 29.1 Å². The van der Waals surface area contributed by atoms with E-state index in [1.165, 1.54) is 12.1 Å². The number of thiophene rings is 1. The number of carboxylic acids is 1. The van der Waals surface area contributed by atoms with E-state index in [1.54, 1.807) is 35.2 Å². The number of thioether (sulfide) groups is 1. The van der Waals surface area contributed by atoms with Crippen molar-refractivity contribution in [3.05, 3.63) is 47.1 Å². The molecule has 0 aliphatic carbocycles. The zero-order chi connectivity index (χ0) is 15.9. The fourth-order valence-corrected chi connectivity index (χ4v) is 3.45. The van der Waals surface area contributed by atoms with Crippen molar-refractivity contribution in [2.45, 2.75) is 19.0 Å². The van der Waals surface area contributed by atoms with Gasteiger partial charge < -0.3 is 5.11 Å². The monoisotopic (exact) mass is 339 g/mol. The van der Waals surface area contributed by atoms with Crippen LogP contribution in [0.15, 0.2) is 36.4 Å². The highest BCUT2D eigenvalue weighted by Gasteiger charge is 2.16. The topological polar surface area (TPSA) is 49.3 Å². The molecule has 0 amide bonds. The summed E-state index contributed by atoms with van der Waals surface area (Å²) in [6, 6.07) is 9.81. The maximum absolute atomic E-state index is 12.9. The summed E-state index contributed by atoms with van der Waals surface area (Å²) < 4.78 is 12.9. The number of carbonyl (C=O) groups is 1. The van der Waals surface area contributed by atoms with Gasteiger partial charge in [-0.15, -0.1) is 11.3 Å². The summed E-state index contributed by atoms with van der Waals surface area (Å²) >= 11 is 3.23. The Hall–Kier alpha value is -1.37. The van der Waals surface area contributed by atoms with Crippen molar-refractivity contribution < 1.29 is 14.3 Å². The molecule has 0 aliphatic heterocycles. The lowest BCUT2D eigenvalue weighted by atomic mass is 10.2. The number of benzene rings is 1. The van der Waals surface area contributed by atoms with Crippen LogP contribution in [0.25, 0.3) is 10.4 Å². The zero-order valence-corrected chi connectivity index (χ0v) is 13.8. The molecule has 0 spiro atoms. The number of aliphatic carboxylic acids is 1. The van der Waals surface area contributed by atoms with Crippen molar-refractivity contribution in [2.75, 3.05) is 12.0 Å². The fraction of sp³-hybridized carbons (Fsp3) is 0.312. The van der Waals surface area contributed by atoms with Crippen LogP contribution in [0.5, 0.6) is 0 Å². The van der Waals surface area contributed by atoms with Crippen molar-refractivity contribution in [3.63, 3.8) is 0 Å². The van der Waals surface area contributed by atoms with E-state index in [0.29, 0.717) is 13.0 Å². The van der Waals surface area contributed by atoms with Gasteiger partial charge in [0.25, 0.3) is 0 Å². The second kappa shape index (κ2) is 8.31. The number of rotatable bonds is 8. The highest BCUT2D eigenvalue weighted by Crippen LogP contribution is 2.28. The molecule has 0 saturated heterocycles. The molecule has 0 aliphatic rings. The molecule has 2 aromatic rings. The molecular weight excluding hydrogens is 321 g/mol. The standard InChI is InChI=1S/C16H18FNO2S2/c1-21-9-8-14(16(19)20)18-10-13-6-7-15(22-13)11-2-4-12(17)5-3-11/h2-7,14,18H,8-10H2,1H3,(H,19,20)/t14-/m1/s1. The molecule has 1 aromatic carbocycles. The Labute approximate surface area is 137 Å². The Morgan fingerprint density at radius 3 is 2.68 bits per heavy atom. The van der Waals surface area contributed by atoms with E-state index in [0.717, 1.165) is 21.1 Å². The Bertz CT molecular complexity index is 613. The van der Waals surface area contributed by atoms with Gasteiger partial charge in [0.1, 0.15) is 11.9 Å². The van der Waals surface area contributed by atoms with Crippen LogP contribution in [-0.2, 0) is 11.3 Å². The second-order valence-corrected chi connectivity index (χ2v) is 6.98. The lowest BCUT2D eigenvalue weighted by Crippen LogP contribution is -2.36. The third-order valence-corrected chi connectivity index (χ3v) is 5.00. The van der Waals surface area contributed by atoms with Crippen LogP contribution in [0.1, 0.15) is 11.3 Å². The molecular formula is C16H18FNO2S2. The van der Waals surface area contributed by atoms with Crippen LogP contribution in [0.2, 0.25) is 0 Å². The van der Waals surface area contributed by atoms with Crippen LogP contribution < -0.4 is 5.32 Å². The summed E-state index contributed by atoms with van der Waals surface area (Å²) in [5, 5.41) is 12.3. The SMILES string of the molecule is CSCC[C@@H](NCc1ccc(-c2ccc(F)cc2)s1)C(=O)O. The van der Waals surface area contributed by atoms with E-state index in [-0.39, 0.29) is 5.82 Å². The van der Waals surface area contributed by atoms with Crippen molar-refractivity contribution in [2.24, 2.45) is 0 Å². The van der Waals surface area contributed by atoms with E-state index < -0.39 is 12.0 Å². The molecule has 3 nitrogen and oxygen atoms in total. The molecule has 2 rings (SSSR count). The van der Waals surface area contributed by atoms with Crippen LogP contribution in [-0.4, -0.2) is 29.1 Å². The Morgan fingerprint density at radius 2 is 2.05 bits per heavy atom. The molecule has 6 heteroatoms. The van der Waals surface area contributed by atoms with Crippen LogP contribution in [0.4, 0.5) is 4.39 Å². The maximum atomic E-state index is 12.9. The highest BCUT2D eigenvalue weighted by atomic mass is 32.2. The summed E-state index contributed by atoms with van der Waals surface area (Å²) in [7, 11) is 0. The van der Waals surface area contributed by atoms with Crippen LogP contribution >= 0.6 is 23.1 Å². The first-order chi connectivity index (χ1) is 10.6. The lowest BCUT2D eigenvalue weighted by molar-refractivity contribution is -0.139. The lowest BCUT2D eigenvalue weighted by Gasteiger charge is -2.12. The predicted octanol–water partition coefficient (Wildman–Crippen LogP) is 3.85. The quantitative estimate of drug-likeness (QED) is 0.767. The minimum absolute atomic E-state index is 0.250. The average molecular weight is 339 g/mol.